The molecule has 2 heterocycles. The van der Waals surface area contributed by atoms with Crippen LogP contribution in [0.2, 0.25) is 0 Å². The first-order valence-electron chi connectivity index (χ1n) is 9.98. The zero-order chi connectivity index (χ0) is 20.3. The van der Waals surface area contributed by atoms with Gasteiger partial charge in [-0.15, -0.1) is 0 Å². The summed E-state index contributed by atoms with van der Waals surface area (Å²) in [5.41, 5.74) is 2.09. The van der Waals surface area contributed by atoms with Crippen LogP contribution < -0.4 is 0 Å². The van der Waals surface area contributed by atoms with Gasteiger partial charge in [0.25, 0.3) is 0 Å². The molecule has 0 aliphatic carbocycles. The highest BCUT2D eigenvalue weighted by atomic mass is 16.8. The Labute approximate surface area is 171 Å². The van der Waals surface area contributed by atoms with Crippen LogP contribution >= 0.6 is 0 Å². The van der Waals surface area contributed by atoms with Crippen LogP contribution in [0.1, 0.15) is 25.0 Å². The number of hydrogen-bond acceptors (Lipinski definition) is 6. The van der Waals surface area contributed by atoms with Gasteiger partial charge in [0.05, 0.1) is 19.8 Å². The summed E-state index contributed by atoms with van der Waals surface area (Å²) in [6, 6.07) is 19.7. The number of fused-ring (bicyclic) bond motifs is 1. The molecule has 0 spiro atoms. The van der Waals surface area contributed by atoms with Gasteiger partial charge in [0.2, 0.25) is 0 Å². The van der Waals surface area contributed by atoms with Crippen molar-refractivity contribution in [2.75, 3.05) is 6.61 Å². The number of aliphatic hydroxyl groups is 1. The molecule has 4 rings (SSSR count). The van der Waals surface area contributed by atoms with Gasteiger partial charge in [-0.1, -0.05) is 60.7 Å². The smallest absolute Gasteiger partial charge is 0.190 e. The molecule has 0 saturated carbocycles. The molecular formula is C23H28O6. The molecule has 0 radical (unpaired) electrons. The average molecular weight is 400 g/mol. The van der Waals surface area contributed by atoms with Gasteiger partial charge in [-0.05, 0) is 25.0 Å². The van der Waals surface area contributed by atoms with Crippen LogP contribution in [0.3, 0.4) is 0 Å². The summed E-state index contributed by atoms with van der Waals surface area (Å²) < 4.78 is 29.7. The first-order chi connectivity index (χ1) is 14.0. The summed E-state index contributed by atoms with van der Waals surface area (Å²) in [4.78, 5) is 0. The monoisotopic (exact) mass is 400 g/mol. The Balaban J connectivity index is 1.38. The van der Waals surface area contributed by atoms with Crippen molar-refractivity contribution in [3.05, 3.63) is 71.8 Å². The second-order valence-electron chi connectivity index (χ2n) is 7.90. The van der Waals surface area contributed by atoms with E-state index in [2.05, 4.69) is 0 Å². The fourth-order valence-corrected chi connectivity index (χ4v) is 3.74. The minimum absolute atomic E-state index is 0.133. The zero-order valence-electron chi connectivity index (χ0n) is 16.8. The molecule has 2 aromatic rings. The Morgan fingerprint density at radius 1 is 0.931 bits per heavy atom. The standard InChI is InChI=1S/C23H28O6/c1-23(2)28-21-20(26-14-17-11-7-4-8-12-17)19(27-22(21)29-23)18(24)15-25-13-16-9-5-3-6-10-16/h3-12,18-22,24H,13-15H2,1-2H3/t18-,19+,20+,21+,22+/m0/s1. The highest BCUT2D eigenvalue weighted by Gasteiger charge is 2.57. The van der Waals surface area contributed by atoms with Crippen LogP contribution in [0.25, 0.3) is 0 Å². The molecule has 2 saturated heterocycles. The van der Waals surface area contributed by atoms with E-state index in [9.17, 15) is 5.11 Å². The van der Waals surface area contributed by atoms with E-state index >= 15 is 0 Å². The topological polar surface area (TPSA) is 66.4 Å². The van der Waals surface area contributed by atoms with E-state index in [1.165, 1.54) is 0 Å². The van der Waals surface area contributed by atoms with Crippen molar-refractivity contribution >= 4 is 0 Å². The van der Waals surface area contributed by atoms with Gasteiger partial charge >= 0.3 is 0 Å². The maximum Gasteiger partial charge on any atom is 0.190 e. The molecule has 2 fully saturated rings. The molecule has 0 amide bonds. The number of rotatable bonds is 8. The van der Waals surface area contributed by atoms with Crippen LogP contribution in [0, 0.1) is 0 Å². The van der Waals surface area contributed by atoms with Gasteiger partial charge in [0, 0.05) is 0 Å². The van der Waals surface area contributed by atoms with E-state index in [4.69, 9.17) is 23.7 Å². The van der Waals surface area contributed by atoms with Gasteiger partial charge in [-0.25, -0.2) is 0 Å². The number of hydrogen-bond donors (Lipinski definition) is 1. The second-order valence-corrected chi connectivity index (χ2v) is 7.90. The molecule has 2 aliphatic heterocycles. The van der Waals surface area contributed by atoms with E-state index in [0.717, 1.165) is 11.1 Å². The van der Waals surface area contributed by atoms with Crippen molar-refractivity contribution in [1.29, 1.82) is 0 Å². The van der Waals surface area contributed by atoms with E-state index in [-0.39, 0.29) is 6.61 Å². The highest BCUT2D eigenvalue weighted by Crippen LogP contribution is 2.40. The number of ether oxygens (including phenoxy) is 5. The summed E-state index contributed by atoms with van der Waals surface area (Å²) in [5.74, 6) is -0.747. The fraction of sp³-hybridized carbons (Fsp3) is 0.478. The van der Waals surface area contributed by atoms with E-state index in [0.29, 0.717) is 13.2 Å². The molecule has 156 valence electrons. The molecule has 0 bridgehead atoms. The molecule has 29 heavy (non-hydrogen) atoms. The Kier molecular flexibility index (Phi) is 6.29. The predicted octanol–water partition coefficient (Wildman–Crippen LogP) is 3.03. The largest absolute Gasteiger partial charge is 0.388 e. The Hall–Kier alpha value is -1.80. The normalized spacial score (nSPS) is 28.9. The minimum Gasteiger partial charge on any atom is -0.388 e. The maximum atomic E-state index is 10.7. The molecule has 6 heteroatoms. The van der Waals surface area contributed by atoms with Gasteiger partial charge in [-0.2, -0.15) is 0 Å². The highest BCUT2D eigenvalue weighted by molar-refractivity contribution is 5.14. The van der Waals surface area contributed by atoms with E-state index < -0.39 is 36.5 Å². The van der Waals surface area contributed by atoms with Gasteiger partial charge in [0.15, 0.2) is 12.1 Å². The van der Waals surface area contributed by atoms with Crippen molar-refractivity contribution in [2.45, 2.75) is 63.6 Å². The zero-order valence-corrected chi connectivity index (χ0v) is 16.8. The summed E-state index contributed by atoms with van der Waals surface area (Å²) >= 11 is 0. The van der Waals surface area contributed by atoms with Crippen LogP contribution in [-0.2, 0) is 36.9 Å². The summed E-state index contributed by atoms with van der Waals surface area (Å²) in [5, 5.41) is 10.7. The molecule has 2 aromatic carbocycles. The molecule has 1 N–H and O–H groups in total. The molecule has 5 atom stereocenters. The molecule has 6 nitrogen and oxygen atoms in total. The Morgan fingerprint density at radius 2 is 1.55 bits per heavy atom. The first kappa shape index (κ1) is 20.5. The van der Waals surface area contributed by atoms with Gasteiger partial charge in [-0.3, -0.25) is 0 Å². The number of benzene rings is 2. The molecule has 0 aromatic heterocycles. The maximum absolute atomic E-state index is 10.7. The minimum atomic E-state index is -0.861. The average Bonchev–Trinajstić information content (AvgIpc) is 3.19. The van der Waals surface area contributed by atoms with Crippen LogP contribution in [0.4, 0.5) is 0 Å². The Morgan fingerprint density at radius 3 is 2.21 bits per heavy atom. The quantitative estimate of drug-likeness (QED) is 0.735. The molecule has 0 unspecified atom stereocenters. The second kappa shape index (κ2) is 8.92. The van der Waals surface area contributed by atoms with Crippen molar-refractivity contribution < 1.29 is 28.8 Å². The summed E-state index contributed by atoms with van der Waals surface area (Å²) in [6.07, 6.45) is -2.89. The van der Waals surface area contributed by atoms with Crippen molar-refractivity contribution in [2.24, 2.45) is 0 Å². The van der Waals surface area contributed by atoms with Gasteiger partial charge in [0.1, 0.15) is 24.4 Å². The van der Waals surface area contributed by atoms with Gasteiger partial charge < -0.3 is 28.8 Å². The first-order valence-corrected chi connectivity index (χ1v) is 9.98. The number of aliphatic hydroxyl groups excluding tert-OH is 1. The lowest BCUT2D eigenvalue weighted by Crippen LogP contribution is -2.44. The van der Waals surface area contributed by atoms with E-state index in [1.807, 2.05) is 74.5 Å². The van der Waals surface area contributed by atoms with Crippen LogP contribution in [0.15, 0.2) is 60.7 Å². The Bertz CT molecular complexity index is 765. The van der Waals surface area contributed by atoms with Crippen molar-refractivity contribution in [3.63, 3.8) is 0 Å². The van der Waals surface area contributed by atoms with E-state index in [1.54, 1.807) is 0 Å². The third-order valence-corrected chi connectivity index (χ3v) is 5.09. The van der Waals surface area contributed by atoms with Crippen LogP contribution in [-0.4, -0.2) is 48.2 Å². The fourth-order valence-electron chi connectivity index (χ4n) is 3.74. The lowest BCUT2D eigenvalue weighted by Gasteiger charge is -2.28. The predicted molar refractivity (Wildman–Crippen MR) is 106 cm³/mol. The van der Waals surface area contributed by atoms with Crippen molar-refractivity contribution in [3.8, 4) is 0 Å². The molecule has 2 aliphatic rings. The van der Waals surface area contributed by atoms with Crippen LogP contribution in [0.5, 0.6) is 0 Å². The molecular weight excluding hydrogens is 372 g/mol. The third-order valence-electron chi connectivity index (χ3n) is 5.09. The lowest BCUT2D eigenvalue weighted by atomic mass is 10.1. The lowest BCUT2D eigenvalue weighted by molar-refractivity contribution is -0.233. The third kappa shape index (κ3) is 5.04. The summed E-state index contributed by atoms with van der Waals surface area (Å²) in [7, 11) is 0. The van der Waals surface area contributed by atoms with Crippen molar-refractivity contribution in [1.82, 2.24) is 0 Å². The SMILES string of the molecule is CC1(C)O[C@H]2O[C@H]([C@@H](O)COCc3ccccc3)[C@@H](OCc3ccccc3)[C@H]2O1. The summed E-state index contributed by atoms with van der Waals surface area (Å²) in [6.45, 7) is 4.64.